The fourth-order valence-electron chi connectivity index (χ4n) is 4.01. The third-order valence-electron chi connectivity index (χ3n) is 6.23. The van der Waals surface area contributed by atoms with E-state index < -0.39 is 0 Å². The van der Waals surface area contributed by atoms with E-state index in [-0.39, 0.29) is 18.0 Å². The Morgan fingerprint density at radius 2 is 1.41 bits per heavy atom. The molecule has 0 bridgehead atoms. The number of rotatable bonds is 18. The number of esters is 2. The summed E-state index contributed by atoms with van der Waals surface area (Å²) in [6.45, 7) is 2.19. The van der Waals surface area contributed by atoms with Crippen LogP contribution in [0.1, 0.15) is 101 Å². The van der Waals surface area contributed by atoms with Gasteiger partial charge < -0.3 is 20.9 Å². The van der Waals surface area contributed by atoms with Gasteiger partial charge in [-0.2, -0.15) is 0 Å². The van der Waals surface area contributed by atoms with E-state index in [0.29, 0.717) is 29.1 Å². The van der Waals surface area contributed by atoms with Crippen molar-refractivity contribution in [1.29, 1.82) is 0 Å². The molecule has 0 fully saturated rings. The number of benzene rings is 2. The number of nitrogens with two attached hydrogens (primary N) is 2. The zero-order chi connectivity index (χ0) is 26.7. The van der Waals surface area contributed by atoms with Gasteiger partial charge in [0.25, 0.3) is 0 Å². The lowest BCUT2D eigenvalue weighted by molar-refractivity contribution is -0.134. The van der Waals surface area contributed by atoms with Gasteiger partial charge in [0.2, 0.25) is 0 Å². The highest BCUT2D eigenvalue weighted by atomic mass is 16.5. The minimum atomic E-state index is -0.286. The fraction of sp³-hybridized carbons (Fsp3) is 0.484. The maximum absolute atomic E-state index is 12.5. The molecule has 0 unspecified atom stereocenters. The molecular weight excluding hydrogens is 464 g/mol. The summed E-state index contributed by atoms with van der Waals surface area (Å²) in [5.74, 6) is 0.0505. The molecule has 0 aliphatic carbocycles. The van der Waals surface area contributed by atoms with E-state index >= 15 is 0 Å². The Bertz CT molecular complexity index is 939. The molecule has 2 rings (SSSR count). The lowest BCUT2D eigenvalue weighted by atomic mass is 10.1. The van der Waals surface area contributed by atoms with Crippen molar-refractivity contribution in [2.45, 2.75) is 96.5 Å². The van der Waals surface area contributed by atoms with Gasteiger partial charge in [0.05, 0.1) is 5.56 Å². The number of hydrogen-bond acceptors (Lipinski definition) is 6. The van der Waals surface area contributed by atoms with Crippen molar-refractivity contribution in [2.75, 3.05) is 11.5 Å². The average Bonchev–Trinajstić information content (AvgIpc) is 2.89. The Labute approximate surface area is 222 Å². The van der Waals surface area contributed by atoms with Crippen molar-refractivity contribution in [3.8, 4) is 5.75 Å². The van der Waals surface area contributed by atoms with Crippen LogP contribution in [-0.4, -0.2) is 18.0 Å². The molecule has 0 radical (unpaired) electrons. The number of carbonyl (C=O) groups excluding carboxylic acids is 2. The summed E-state index contributed by atoms with van der Waals surface area (Å²) in [4.78, 5) is 24.5. The Morgan fingerprint density at radius 1 is 0.784 bits per heavy atom. The van der Waals surface area contributed by atoms with E-state index in [4.69, 9.17) is 20.9 Å². The molecule has 6 heteroatoms. The van der Waals surface area contributed by atoms with Crippen molar-refractivity contribution in [2.24, 2.45) is 0 Å². The van der Waals surface area contributed by atoms with Gasteiger partial charge in [-0.15, -0.1) is 0 Å². The number of unbranched alkanes of at least 4 members (excludes halogenated alkanes) is 8. The maximum atomic E-state index is 12.5. The second-order valence-corrected chi connectivity index (χ2v) is 9.56. The largest absolute Gasteiger partial charge is 0.458 e. The van der Waals surface area contributed by atoms with Crippen LogP contribution in [0.4, 0.5) is 11.4 Å². The summed E-state index contributed by atoms with van der Waals surface area (Å²) in [7, 11) is 0. The molecular formula is C31H44N2O4. The van der Waals surface area contributed by atoms with E-state index in [0.717, 1.165) is 64.2 Å². The molecule has 0 aliphatic rings. The lowest BCUT2D eigenvalue weighted by Crippen LogP contribution is -2.18. The van der Waals surface area contributed by atoms with Crippen LogP contribution in [0.2, 0.25) is 0 Å². The minimum absolute atomic E-state index is 0.105. The first-order valence-corrected chi connectivity index (χ1v) is 13.8. The third kappa shape index (κ3) is 13.6. The van der Waals surface area contributed by atoms with Crippen LogP contribution in [0.3, 0.4) is 0 Å². The average molecular weight is 509 g/mol. The van der Waals surface area contributed by atoms with Crippen LogP contribution >= 0.6 is 0 Å². The number of anilines is 2. The molecule has 0 aromatic heterocycles. The number of hydrogen-bond donors (Lipinski definition) is 2. The standard InChI is InChI=1S/C31H44N2O4/c1-2-3-4-11-14-28(37-31(35)25-17-19-26(32)20-18-25)15-12-9-7-5-6-8-10-13-16-30(34)36-29-23-21-27(33)22-24-29/h9,12,17-24,28H,2-8,10-11,13-16,32-33H2,1H3/t28-/m1/s1. The van der Waals surface area contributed by atoms with Gasteiger partial charge in [0, 0.05) is 24.2 Å². The molecule has 2 aromatic rings. The van der Waals surface area contributed by atoms with Gasteiger partial charge in [0.1, 0.15) is 11.9 Å². The summed E-state index contributed by atoms with van der Waals surface area (Å²) in [6.07, 6.45) is 17.1. The molecule has 2 aromatic carbocycles. The summed E-state index contributed by atoms with van der Waals surface area (Å²) >= 11 is 0. The molecule has 202 valence electrons. The topological polar surface area (TPSA) is 105 Å². The molecule has 0 aliphatic heterocycles. The highest BCUT2D eigenvalue weighted by Crippen LogP contribution is 2.17. The first-order valence-electron chi connectivity index (χ1n) is 13.8. The van der Waals surface area contributed by atoms with Gasteiger partial charge in [-0.1, -0.05) is 57.6 Å². The number of nitrogen functional groups attached to an aromatic ring is 2. The second kappa shape index (κ2) is 18.0. The summed E-state index contributed by atoms with van der Waals surface area (Å²) < 4.78 is 11.1. The molecule has 0 heterocycles. The molecule has 0 saturated heterocycles. The van der Waals surface area contributed by atoms with Gasteiger partial charge in [-0.3, -0.25) is 4.79 Å². The quantitative estimate of drug-likeness (QED) is 0.0705. The third-order valence-corrected chi connectivity index (χ3v) is 6.23. The minimum Gasteiger partial charge on any atom is -0.458 e. The Hall–Kier alpha value is -3.28. The van der Waals surface area contributed by atoms with Crippen molar-refractivity contribution < 1.29 is 19.1 Å². The Morgan fingerprint density at radius 3 is 2.11 bits per heavy atom. The number of allylic oxidation sites excluding steroid dienone is 1. The van der Waals surface area contributed by atoms with Crippen molar-refractivity contribution in [3.63, 3.8) is 0 Å². The smallest absolute Gasteiger partial charge is 0.338 e. The maximum Gasteiger partial charge on any atom is 0.338 e. The molecule has 37 heavy (non-hydrogen) atoms. The van der Waals surface area contributed by atoms with E-state index in [1.807, 2.05) is 0 Å². The van der Waals surface area contributed by atoms with Gasteiger partial charge in [0.15, 0.2) is 0 Å². The first-order chi connectivity index (χ1) is 18.0. The second-order valence-electron chi connectivity index (χ2n) is 9.56. The monoisotopic (exact) mass is 508 g/mol. The zero-order valence-corrected chi connectivity index (χ0v) is 22.3. The van der Waals surface area contributed by atoms with Crippen LogP contribution in [0.25, 0.3) is 0 Å². The van der Waals surface area contributed by atoms with Crippen LogP contribution < -0.4 is 16.2 Å². The SMILES string of the molecule is CCCCCC[C@H](CC=CCCCCCCCC(=O)Oc1ccc(N)cc1)OC(=O)c1ccc(N)cc1. The van der Waals surface area contributed by atoms with E-state index in [1.54, 1.807) is 48.5 Å². The summed E-state index contributed by atoms with van der Waals surface area (Å²) in [6, 6.07) is 13.7. The van der Waals surface area contributed by atoms with E-state index in [1.165, 1.54) is 12.8 Å². The van der Waals surface area contributed by atoms with Crippen LogP contribution in [0.15, 0.2) is 60.7 Å². The highest BCUT2D eigenvalue weighted by Gasteiger charge is 2.15. The predicted molar refractivity (Wildman–Crippen MR) is 151 cm³/mol. The Balaban J connectivity index is 1.59. The summed E-state index contributed by atoms with van der Waals surface area (Å²) in [5.41, 5.74) is 13.2. The number of ether oxygens (including phenoxy) is 2. The molecule has 0 saturated carbocycles. The van der Waals surface area contributed by atoms with Crippen molar-refractivity contribution >= 4 is 23.3 Å². The first kappa shape index (κ1) is 29.9. The highest BCUT2D eigenvalue weighted by molar-refractivity contribution is 5.89. The predicted octanol–water partition coefficient (Wildman–Crippen LogP) is 7.63. The fourth-order valence-corrected chi connectivity index (χ4v) is 4.01. The van der Waals surface area contributed by atoms with Gasteiger partial charge in [-0.25, -0.2) is 4.79 Å². The lowest BCUT2D eigenvalue weighted by Gasteiger charge is -2.16. The molecule has 1 atom stereocenters. The van der Waals surface area contributed by atoms with E-state index in [2.05, 4.69) is 19.1 Å². The van der Waals surface area contributed by atoms with Crippen molar-refractivity contribution in [3.05, 3.63) is 66.2 Å². The molecule has 6 nitrogen and oxygen atoms in total. The van der Waals surface area contributed by atoms with Crippen LogP contribution in [0.5, 0.6) is 5.75 Å². The number of carbonyl (C=O) groups is 2. The van der Waals surface area contributed by atoms with Gasteiger partial charge in [-0.05, 0) is 80.6 Å². The molecule has 0 amide bonds. The summed E-state index contributed by atoms with van der Waals surface area (Å²) in [5, 5.41) is 0. The van der Waals surface area contributed by atoms with Crippen molar-refractivity contribution in [1.82, 2.24) is 0 Å². The molecule has 4 N–H and O–H groups in total. The van der Waals surface area contributed by atoms with E-state index in [9.17, 15) is 9.59 Å². The zero-order valence-electron chi connectivity index (χ0n) is 22.3. The van der Waals surface area contributed by atoms with Crippen LogP contribution in [0, 0.1) is 0 Å². The Kier molecular flexibility index (Phi) is 14.6. The normalized spacial score (nSPS) is 11.9. The van der Waals surface area contributed by atoms with Gasteiger partial charge >= 0.3 is 11.9 Å². The van der Waals surface area contributed by atoms with Crippen LogP contribution in [-0.2, 0) is 9.53 Å². The molecule has 0 spiro atoms.